The maximum absolute atomic E-state index is 12.4. The minimum Gasteiger partial charge on any atom is -0.338 e. The van der Waals surface area contributed by atoms with E-state index in [0.717, 1.165) is 28.2 Å². The van der Waals surface area contributed by atoms with Crippen LogP contribution in [-0.4, -0.2) is 14.1 Å². The molecule has 1 N–H and O–H groups in total. The van der Waals surface area contributed by atoms with Crippen molar-refractivity contribution in [3.05, 3.63) is 167 Å². The first kappa shape index (κ1) is 22.6. The van der Waals surface area contributed by atoms with Gasteiger partial charge in [-0.25, -0.2) is 4.98 Å². The van der Waals surface area contributed by atoms with Crippen LogP contribution in [0.5, 0.6) is 0 Å². The van der Waals surface area contributed by atoms with E-state index < -0.39 is 5.54 Å². The molecule has 5 heteroatoms. The molecule has 0 saturated heterocycles. The molecule has 0 unspecified atom stereocenters. The quantitative estimate of drug-likeness (QED) is 0.280. The third-order valence-electron chi connectivity index (χ3n) is 6.87. The second-order valence-corrected chi connectivity index (χ2v) is 8.93. The molecule has 0 atom stereocenters. The van der Waals surface area contributed by atoms with E-state index in [0.29, 0.717) is 12.1 Å². The van der Waals surface area contributed by atoms with Crippen molar-refractivity contribution in [3.8, 4) is 0 Å². The van der Waals surface area contributed by atoms with Crippen LogP contribution in [-0.2, 0) is 12.2 Å². The van der Waals surface area contributed by atoms with Gasteiger partial charge in [0.15, 0.2) is 5.43 Å². The number of para-hydroxylation sites is 1. The molecule has 180 valence electrons. The Labute approximate surface area is 215 Å². The number of hydrogen-bond donors (Lipinski definition) is 1. The number of nitrogens with one attached hydrogen (secondary N) is 1. The summed E-state index contributed by atoms with van der Waals surface area (Å²) in [6.45, 7) is 0.451. The van der Waals surface area contributed by atoms with E-state index in [-0.39, 0.29) is 5.43 Å². The molecule has 0 radical (unpaired) electrons. The summed E-state index contributed by atoms with van der Waals surface area (Å²) in [4.78, 5) is 17.1. The van der Waals surface area contributed by atoms with Gasteiger partial charge in [-0.3, -0.25) is 9.36 Å². The van der Waals surface area contributed by atoms with Gasteiger partial charge in [0.2, 0.25) is 5.95 Å². The first-order valence-corrected chi connectivity index (χ1v) is 12.3. The summed E-state index contributed by atoms with van der Waals surface area (Å²) < 4.78 is 4.24. The highest BCUT2D eigenvalue weighted by Gasteiger charge is 2.39. The van der Waals surface area contributed by atoms with E-state index in [1.54, 1.807) is 6.07 Å². The van der Waals surface area contributed by atoms with Crippen LogP contribution in [0.4, 0.5) is 5.95 Å². The van der Waals surface area contributed by atoms with Gasteiger partial charge in [-0.05, 0) is 28.8 Å². The lowest BCUT2D eigenvalue weighted by Gasteiger charge is -2.38. The van der Waals surface area contributed by atoms with Crippen LogP contribution in [0.15, 0.2) is 145 Å². The van der Waals surface area contributed by atoms with Crippen LogP contribution in [0.3, 0.4) is 0 Å². The van der Waals surface area contributed by atoms with Crippen LogP contribution in [0.25, 0.3) is 10.9 Å². The van der Waals surface area contributed by atoms with Crippen LogP contribution < -0.4 is 10.7 Å². The largest absolute Gasteiger partial charge is 0.338 e. The number of nitrogens with zero attached hydrogens (tertiary/aromatic N) is 3. The van der Waals surface area contributed by atoms with Gasteiger partial charge < -0.3 is 9.88 Å². The van der Waals surface area contributed by atoms with Crippen molar-refractivity contribution < 1.29 is 0 Å². The number of pyridine rings is 1. The van der Waals surface area contributed by atoms with Crippen molar-refractivity contribution in [2.45, 2.75) is 12.2 Å². The number of benzene rings is 4. The summed E-state index contributed by atoms with van der Waals surface area (Å²) in [5, 5.41) is 4.25. The highest BCUT2D eigenvalue weighted by molar-refractivity contribution is 5.78. The fourth-order valence-electron chi connectivity index (χ4n) is 5.21. The van der Waals surface area contributed by atoms with Crippen LogP contribution >= 0.6 is 0 Å². The summed E-state index contributed by atoms with van der Waals surface area (Å²) in [5.41, 5.74) is 3.62. The van der Waals surface area contributed by atoms with E-state index >= 15 is 0 Å². The zero-order valence-corrected chi connectivity index (χ0v) is 20.2. The van der Waals surface area contributed by atoms with Crippen LogP contribution in [0.2, 0.25) is 0 Å². The van der Waals surface area contributed by atoms with Gasteiger partial charge in [0.25, 0.3) is 0 Å². The number of fused-ring (bicyclic) bond motifs is 1. The number of hydrogen-bond acceptors (Lipinski definition) is 3. The van der Waals surface area contributed by atoms with E-state index in [4.69, 9.17) is 4.98 Å². The molecule has 6 rings (SSSR count). The normalized spacial score (nSPS) is 11.5. The maximum atomic E-state index is 12.4. The van der Waals surface area contributed by atoms with Crippen molar-refractivity contribution in [2.24, 2.45) is 0 Å². The number of anilines is 1. The van der Waals surface area contributed by atoms with Gasteiger partial charge in [0.1, 0.15) is 5.54 Å². The Hall–Kier alpha value is -4.90. The molecule has 0 amide bonds. The SMILES string of the molecule is O=c1ccn(CNc2nccn2C(c2ccccc2)(c2ccccc2)c2ccccc2)c2ccccc12. The smallest absolute Gasteiger partial charge is 0.205 e. The molecular formula is C32H26N4O. The molecule has 2 aromatic heterocycles. The second-order valence-electron chi connectivity index (χ2n) is 8.93. The zero-order chi connectivity index (χ0) is 25.1. The zero-order valence-electron chi connectivity index (χ0n) is 20.2. The van der Waals surface area contributed by atoms with Crippen molar-refractivity contribution in [2.75, 3.05) is 5.32 Å². The average Bonchev–Trinajstić information content (AvgIpc) is 3.44. The highest BCUT2D eigenvalue weighted by Crippen LogP contribution is 2.42. The molecule has 37 heavy (non-hydrogen) atoms. The third kappa shape index (κ3) is 3.91. The fourth-order valence-corrected chi connectivity index (χ4v) is 5.21. The Kier molecular flexibility index (Phi) is 5.87. The van der Waals surface area contributed by atoms with Gasteiger partial charge in [-0.1, -0.05) is 103 Å². The summed E-state index contributed by atoms with van der Waals surface area (Å²) in [6, 6.07) is 40.8. The predicted octanol–water partition coefficient (Wildman–Crippen LogP) is 6.11. The molecule has 0 aliphatic carbocycles. The molecule has 4 aromatic carbocycles. The lowest BCUT2D eigenvalue weighted by molar-refractivity contribution is 0.517. The van der Waals surface area contributed by atoms with Gasteiger partial charge >= 0.3 is 0 Å². The second kappa shape index (κ2) is 9.63. The lowest BCUT2D eigenvalue weighted by atomic mass is 9.76. The molecule has 0 bridgehead atoms. The molecule has 0 fully saturated rings. The molecule has 0 aliphatic heterocycles. The minimum atomic E-state index is -0.659. The average molecular weight is 483 g/mol. The molecule has 2 heterocycles. The van der Waals surface area contributed by atoms with E-state index in [9.17, 15) is 4.79 Å². The van der Waals surface area contributed by atoms with Gasteiger partial charge in [0.05, 0.1) is 12.2 Å². The first-order chi connectivity index (χ1) is 18.3. The van der Waals surface area contributed by atoms with E-state index in [1.165, 1.54) is 0 Å². The number of rotatable bonds is 7. The molecular weight excluding hydrogens is 456 g/mol. The highest BCUT2D eigenvalue weighted by atomic mass is 16.1. The van der Waals surface area contributed by atoms with Crippen molar-refractivity contribution in [1.29, 1.82) is 0 Å². The van der Waals surface area contributed by atoms with E-state index in [2.05, 4.69) is 82.7 Å². The van der Waals surface area contributed by atoms with Crippen molar-refractivity contribution in [3.63, 3.8) is 0 Å². The Balaban J connectivity index is 1.52. The minimum absolute atomic E-state index is 0.0181. The van der Waals surface area contributed by atoms with Crippen molar-refractivity contribution in [1.82, 2.24) is 14.1 Å². The molecule has 5 nitrogen and oxygen atoms in total. The molecule has 0 spiro atoms. The third-order valence-corrected chi connectivity index (χ3v) is 6.87. The Bertz CT molecular complexity index is 1590. The Morgan fingerprint density at radius 3 is 1.78 bits per heavy atom. The molecule has 6 aromatic rings. The van der Waals surface area contributed by atoms with Crippen molar-refractivity contribution >= 4 is 16.9 Å². The lowest BCUT2D eigenvalue weighted by Crippen LogP contribution is -2.38. The van der Waals surface area contributed by atoms with E-state index in [1.807, 2.05) is 65.6 Å². The summed E-state index contributed by atoms with van der Waals surface area (Å²) in [5.74, 6) is 0.722. The first-order valence-electron chi connectivity index (χ1n) is 12.3. The summed E-state index contributed by atoms with van der Waals surface area (Å²) in [7, 11) is 0. The van der Waals surface area contributed by atoms with Crippen LogP contribution in [0.1, 0.15) is 16.7 Å². The predicted molar refractivity (Wildman–Crippen MR) is 149 cm³/mol. The summed E-state index contributed by atoms with van der Waals surface area (Å²) in [6.07, 6.45) is 5.68. The fraction of sp³-hybridized carbons (Fsp3) is 0.0625. The van der Waals surface area contributed by atoms with Gasteiger partial charge in [-0.2, -0.15) is 0 Å². The monoisotopic (exact) mass is 482 g/mol. The molecule has 0 aliphatic rings. The Morgan fingerprint density at radius 1 is 0.649 bits per heavy atom. The maximum Gasteiger partial charge on any atom is 0.205 e. The standard InChI is InChI=1S/C32H26N4O/c37-30-20-22-35(29-19-11-10-18-28(29)30)24-34-31-33-21-23-36(31)32(25-12-4-1-5-13-25,26-14-6-2-7-15-26)27-16-8-3-9-17-27/h1-23H,24H2,(H,33,34). The Morgan fingerprint density at radius 2 is 1.19 bits per heavy atom. The van der Waals surface area contributed by atoms with Gasteiger partial charge in [-0.15, -0.1) is 0 Å². The summed E-state index contributed by atoms with van der Waals surface area (Å²) >= 11 is 0. The molecule has 0 saturated carbocycles. The topological polar surface area (TPSA) is 51.9 Å². The van der Waals surface area contributed by atoms with Crippen LogP contribution in [0, 0.1) is 0 Å². The number of aromatic nitrogens is 3. The number of imidazole rings is 1. The van der Waals surface area contributed by atoms with Gasteiger partial charge in [0, 0.05) is 30.0 Å².